The molecule has 0 saturated carbocycles. The van der Waals surface area contributed by atoms with Crippen LogP contribution in [0.2, 0.25) is 0 Å². The number of halogens is 2. The lowest BCUT2D eigenvalue weighted by molar-refractivity contribution is 0.0951. The molecule has 0 fully saturated rings. The molecule has 2 N–H and O–H groups in total. The predicted molar refractivity (Wildman–Crippen MR) is 80.6 cm³/mol. The Bertz CT molecular complexity index is 455. The third kappa shape index (κ3) is 5.67. The van der Waals surface area contributed by atoms with Crippen LogP contribution in [0.3, 0.4) is 0 Å². The van der Waals surface area contributed by atoms with Crippen LogP contribution in [-0.2, 0) is 0 Å². The lowest BCUT2D eigenvalue weighted by atomic mass is 10.1. The van der Waals surface area contributed by atoms with Crippen LogP contribution in [-0.4, -0.2) is 44.5 Å². The van der Waals surface area contributed by atoms with Gasteiger partial charge in [0.1, 0.15) is 17.3 Å². The molecule has 6 heteroatoms. The molecule has 0 saturated heterocycles. The van der Waals surface area contributed by atoms with Crippen molar-refractivity contribution in [3.63, 3.8) is 0 Å². The fourth-order valence-electron chi connectivity index (χ4n) is 1.82. The summed E-state index contributed by atoms with van der Waals surface area (Å²) < 4.78 is 27.6. The van der Waals surface area contributed by atoms with Crippen LogP contribution in [0.5, 0.6) is 0 Å². The van der Waals surface area contributed by atoms with Crippen LogP contribution < -0.4 is 10.6 Å². The van der Waals surface area contributed by atoms with Crippen molar-refractivity contribution in [3.8, 4) is 0 Å². The van der Waals surface area contributed by atoms with Crippen molar-refractivity contribution in [1.82, 2.24) is 10.2 Å². The number of nitrogens with zero attached hydrogens (tertiary/aromatic N) is 1. The van der Waals surface area contributed by atoms with Gasteiger partial charge in [-0.25, -0.2) is 8.78 Å². The molecular weight excluding hydrogens is 276 g/mol. The topological polar surface area (TPSA) is 44.4 Å². The molecule has 1 aromatic rings. The van der Waals surface area contributed by atoms with Gasteiger partial charge in [0.2, 0.25) is 0 Å². The molecule has 0 bridgehead atoms. The first kappa shape index (κ1) is 17.4. The lowest BCUT2D eigenvalue weighted by Gasteiger charge is -2.11. The average molecular weight is 299 g/mol. The van der Waals surface area contributed by atoms with Gasteiger partial charge in [0.05, 0.1) is 0 Å². The van der Waals surface area contributed by atoms with Gasteiger partial charge in [0.15, 0.2) is 0 Å². The monoisotopic (exact) mass is 299 g/mol. The van der Waals surface area contributed by atoms with Crippen molar-refractivity contribution in [3.05, 3.63) is 29.3 Å². The maximum absolute atomic E-state index is 13.8. The number of rotatable bonds is 8. The SMILES string of the molecule is CCCNc1c(F)cc(C(=O)NCCCN(C)C)cc1F. The Labute approximate surface area is 124 Å². The number of carbonyl (C=O) groups excluding carboxylic acids is 1. The second-order valence-electron chi connectivity index (χ2n) is 5.15. The van der Waals surface area contributed by atoms with Gasteiger partial charge in [-0.1, -0.05) is 6.92 Å². The highest BCUT2D eigenvalue weighted by Gasteiger charge is 2.14. The van der Waals surface area contributed by atoms with Crippen LogP contribution in [0.1, 0.15) is 30.1 Å². The number of anilines is 1. The van der Waals surface area contributed by atoms with Gasteiger partial charge in [-0.3, -0.25) is 4.79 Å². The first-order chi connectivity index (χ1) is 9.95. The summed E-state index contributed by atoms with van der Waals surface area (Å²) in [6, 6.07) is 2.12. The first-order valence-electron chi connectivity index (χ1n) is 7.11. The number of amides is 1. The van der Waals surface area contributed by atoms with Gasteiger partial charge in [0, 0.05) is 18.7 Å². The molecule has 0 heterocycles. The van der Waals surface area contributed by atoms with E-state index in [0.717, 1.165) is 31.5 Å². The van der Waals surface area contributed by atoms with E-state index < -0.39 is 17.5 Å². The summed E-state index contributed by atoms with van der Waals surface area (Å²) >= 11 is 0. The number of benzene rings is 1. The van der Waals surface area contributed by atoms with Crippen LogP contribution in [0.4, 0.5) is 14.5 Å². The number of nitrogens with one attached hydrogen (secondary N) is 2. The fraction of sp³-hybridized carbons (Fsp3) is 0.533. The molecule has 0 aromatic heterocycles. The number of hydrogen-bond donors (Lipinski definition) is 2. The minimum Gasteiger partial charge on any atom is -0.380 e. The summed E-state index contributed by atoms with van der Waals surface area (Å²) in [5, 5.41) is 5.33. The van der Waals surface area contributed by atoms with Gasteiger partial charge >= 0.3 is 0 Å². The average Bonchev–Trinajstić information content (AvgIpc) is 2.42. The Kier molecular flexibility index (Phi) is 7.08. The molecule has 0 aliphatic heterocycles. The van der Waals surface area contributed by atoms with Gasteiger partial charge in [-0.15, -0.1) is 0 Å². The molecule has 1 rings (SSSR count). The number of carbonyl (C=O) groups is 1. The molecule has 0 spiro atoms. The van der Waals surface area contributed by atoms with Crippen molar-refractivity contribution >= 4 is 11.6 Å². The smallest absolute Gasteiger partial charge is 0.251 e. The van der Waals surface area contributed by atoms with E-state index in [9.17, 15) is 13.6 Å². The quantitative estimate of drug-likeness (QED) is 0.725. The molecule has 1 amide bonds. The van der Waals surface area contributed by atoms with E-state index in [1.807, 2.05) is 25.9 Å². The largest absolute Gasteiger partial charge is 0.380 e. The molecule has 1 aromatic carbocycles. The van der Waals surface area contributed by atoms with Crippen molar-refractivity contribution in [1.29, 1.82) is 0 Å². The normalized spacial score (nSPS) is 10.8. The van der Waals surface area contributed by atoms with E-state index in [4.69, 9.17) is 0 Å². The molecule has 0 atom stereocenters. The van der Waals surface area contributed by atoms with Crippen molar-refractivity contribution in [2.24, 2.45) is 0 Å². The highest BCUT2D eigenvalue weighted by molar-refractivity contribution is 5.94. The third-order valence-electron chi connectivity index (χ3n) is 2.92. The summed E-state index contributed by atoms with van der Waals surface area (Å²) in [7, 11) is 3.88. The molecule has 21 heavy (non-hydrogen) atoms. The molecule has 0 aliphatic carbocycles. The van der Waals surface area contributed by atoms with E-state index >= 15 is 0 Å². The Morgan fingerprint density at radius 2 is 1.81 bits per heavy atom. The van der Waals surface area contributed by atoms with E-state index in [2.05, 4.69) is 10.6 Å². The molecule has 4 nitrogen and oxygen atoms in total. The van der Waals surface area contributed by atoms with E-state index in [1.54, 1.807) is 0 Å². The molecular formula is C15H23F2N3O. The first-order valence-corrected chi connectivity index (χ1v) is 7.11. The van der Waals surface area contributed by atoms with E-state index in [0.29, 0.717) is 13.1 Å². The zero-order valence-corrected chi connectivity index (χ0v) is 12.8. The maximum Gasteiger partial charge on any atom is 0.251 e. The third-order valence-corrected chi connectivity index (χ3v) is 2.92. The summed E-state index contributed by atoms with van der Waals surface area (Å²) in [5.74, 6) is -1.96. The van der Waals surface area contributed by atoms with Crippen molar-refractivity contribution in [2.75, 3.05) is 39.0 Å². The van der Waals surface area contributed by atoms with E-state index in [-0.39, 0.29) is 11.3 Å². The predicted octanol–water partition coefficient (Wildman–Crippen LogP) is 2.47. The highest BCUT2D eigenvalue weighted by Crippen LogP contribution is 2.20. The standard InChI is InChI=1S/C15H23F2N3O/c1-4-6-18-14-12(16)9-11(10-13(14)17)15(21)19-7-5-8-20(2)3/h9-10,18H,4-8H2,1-3H3,(H,19,21). The Morgan fingerprint density at radius 3 is 2.33 bits per heavy atom. The van der Waals surface area contributed by atoms with E-state index in [1.165, 1.54) is 0 Å². The second kappa shape index (κ2) is 8.56. The Morgan fingerprint density at radius 1 is 1.19 bits per heavy atom. The minimum absolute atomic E-state index is 0.00287. The molecule has 0 aliphatic rings. The Hall–Kier alpha value is -1.69. The second-order valence-corrected chi connectivity index (χ2v) is 5.15. The summed E-state index contributed by atoms with van der Waals surface area (Å²) in [4.78, 5) is 13.8. The molecule has 0 unspecified atom stereocenters. The van der Waals surface area contributed by atoms with Gasteiger partial charge in [0.25, 0.3) is 5.91 Å². The van der Waals surface area contributed by atoms with Gasteiger partial charge in [-0.2, -0.15) is 0 Å². The van der Waals surface area contributed by atoms with Crippen LogP contribution in [0.25, 0.3) is 0 Å². The zero-order valence-electron chi connectivity index (χ0n) is 12.8. The van der Waals surface area contributed by atoms with Crippen LogP contribution in [0.15, 0.2) is 12.1 Å². The summed E-state index contributed by atoms with van der Waals surface area (Å²) in [6.07, 6.45) is 1.53. The van der Waals surface area contributed by atoms with Gasteiger partial charge < -0.3 is 15.5 Å². The van der Waals surface area contributed by atoms with Crippen LogP contribution >= 0.6 is 0 Å². The van der Waals surface area contributed by atoms with Crippen molar-refractivity contribution in [2.45, 2.75) is 19.8 Å². The summed E-state index contributed by atoms with van der Waals surface area (Å²) in [5.41, 5.74) is -0.182. The Balaban J connectivity index is 2.64. The zero-order chi connectivity index (χ0) is 15.8. The lowest BCUT2D eigenvalue weighted by Crippen LogP contribution is -2.27. The van der Waals surface area contributed by atoms with Crippen molar-refractivity contribution < 1.29 is 13.6 Å². The molecule has 0 radical (unpaired) electrons. The molecule has 118 valence electrons. The van der Waals surface area contributed by atoms with Crippen LogP contribution in [0, 0.1) is 11.6 Å². The fourth-order valence-corrected chi connectivity index (χ4v) is 1.82. The highest BCUT2D eigenvalue weighted by atomic mass is 19.1. The van der Waals surface area contributed by atoms with Gasteiger partial charge in [-0.05, 0) is 45.6 Å². The summed E-state index contributed by atoms with van der Waals surface area (Å²) in [6.45, 7) is 3.68. The number of hydrogen-bond acceptors (Lipinski definition) is 3. The maximum atomic E-state index is 13.8. The minimum atomic E-state index is -0.748.